The van der Waals surface area contributed by atoms with Crippen LogP contribution in [0.2, 0.25) is 0 Å². The van der Waals surface area contributed by atoms with E-state index in [-0.39, 0.29) is 0 Å². The maximum Gasteiger partial charge on any atom is 0.181 e. The van der Waals surface area contributed by atoms with Crippen LogP contribution >= 0.6 is 11.3 Å². The smallest absolute Gasteiger partial charge is 0.181 e. The third-order valence-corrected chi connectivity index (χ3v) is 2.71. The van der Waals surface area contributed by atoms with Gasteiger partial charge in [0.05, 0.1) is 14.2 Å². The molecule has 0 bridgehead atoms. The van der Waals surface area contributed by atoms with Gasteiger partial charge in [0, 0.05) is 17.5 Å². The molecule has 3 nitrogen and oxygen atoms in total. The average Bonchev–Trinajstić information content (AvgIpc) is 2.82. The van der Waals surface area contributed by atoms with Crippen LogP contribution in [0.15, 0.2) is 29.6 Å². The van der Waals surface area contributed by atoms with Gasteiger partial charge in [-0.05, 0) is 18.2 Å². The molecule has 0 saturated carbocycles. The van der Waals surface area contributed by atoms with E-state index < -0.39 is 0 Å². The van der Waals surface area contributed by atoms with E-state index in [2.05, 4.69) is 6.07 Å². The highest BCUT2D eigenvalue weighted by atomic mass is 32.1. The first kappa shape index (κ1) is 10.8. The minimum atomic E-state index is 0.637. The van der Waals surface area contributed by atoms with Gasteiger partial charge in [-0.15, -0.1) is 11.3 Å². The third kappa shape index (κ3) is 2.28. The van der Waals surface area contributed by atoms with Crippen LogP contribution < -0.4 is 14.2 Å². The van der Waals surface area contributed by atoms with Gasteiger partial charge < -0.3 is 14.2 Å². The van der Waals surface area contributed by atoms with Crippen molar-refractivity contribution in [1.29, 1.82) is 0 Å². The Morgan fingerprint density at radius 1 is 1.12 bits per heavy atom. The molecule has 4 heteroatoms. The van der Waals surface area contributed by atoms with E-state index in [1.165, 1.54) is 11.3 Å². The van der Waals surface area contributed by atoms with Gasteiger partial charge in [-0.1, -0.05) is 0 Å². The molecule has 0 saturated heterocycles. The molecule has 0 aliphatic carbocycles. The van der Waals surface area contributed by atoms with Crippen LogP contribution in [-0.2, 0) is 0 Å². The molecule has 2 rings (SSSR count). The molecule has 0 aliphatic rings. The van der Waals surface area contributed by atoms with E-state index in [4.69, 9.17) is 14.2 Å². The SMILES string of the molecule is COc1ccc(OC)c(Oc2c[c]cs2)c1. The summed E-state index contributed by atoms with van der Waals surface area (Å²) in [6.07, 6.45) is 0. The van der Waals surface area contributed by atoms with E-state index >= 15 is 0 Å². The Hall–Kier alpha value is -1.68. The Bertz CT molecular complexity index is 451. The summed E-state index contributed by atoms with van der Waals surface area (Å²) in [4.78, 5) is 0. The Kier molecular flexibility index (Phi) is 3.31. The second-order valence-electron chi connectivity index (χ2n) is 2.98. The normalized spacial score (nSPS) is 9.88. The fourth-order valence-corrected chi connectivity index (χ4v) is 1.78. The maximum atomic E-state index is 5.67. The molecule has 0 spiro atoms. The molecule has 0 amide bonds. The summed E-state index contributed by atoms with van der Waals surface area (Å²) in [5.74, 6) is 2.04. The van der Waals surface area contributed by atoms with E-state index in [1.807, 2.05) is 17.5 Å². The van der Waals surface area contributed by atoms with Crippen LogP contribution in [0.5, 0.6) is 22.3 Å². The highest BCUT2D eigenvalue weighted by Crippen LogP contribution is 2.36. The van der Waals surface area contributed by atoms with Gasteiger partial charge >= 0.3 is 0 Å². The zero-order valence-electron chi connectivity index (χ0n) is 9.02. The van der Waals surface area contributed by atoms with Crippen molar-refractivity contribution in [3.05, 3.63) is 35.7 Å². The summed E-state index contributed by atoms with van der Waals surface area (Å²) in [5, 5.41) is 2.61. The van der Waals surface area contributed by atoms with Gasteiger partial charge in [-0.2, -0.15) is 0 Å². The van der Waals surface area contributed by atoms with Crippen molar-refractivity contribution in [2.75, 3.05) is 14.2 Å². The second kappa shape index (κ2) is 4.90. The predicted octanol–water partition coefficient (Wildman–Crippen LogP) is 3.36. The molecule has 1 aromatic heterocycles. The number of ether oxygens (including phenoxy) is 3. The van der Waals surface area contributed by atoms with Gasteiger partial charge in [0.25, 0.3) is 0 Å². The number of hydrogen-bond donors (Lipinski definition) is 0. The summed E-state index contributed by atoms with van der Waals surface area (Å²) < 4.78 is 16.0. The lowest BCUT2D eigenvalue weighted by Crippen LogP contribution is -1.90. The Morgan fingerprint density at radius 2 is 2.00 bits per heavy atom. The predicted molar refractivity (Wildman–Crippen MR) is 62.8 cm³/mol. The molecule has 83 valence electrons. The fraction of sp³-hybridized carbons (Fsp3) is 0.167. The van der Waals surface area contributed by atoms with E-state index in [0.29, 0.717) is 11.5 Å². The van der Waals surface area contributed by atoms with Crippen molar-refractivity contribution in [2.45, 2.75) is 0 Å². The highest BCUT2D eigenvalue weighted by Gasteiger charge is 2.07. The zero-order valence-corrected chi connectivity index (χ0v) is 9.84. The first-order valence-electron chi connectivity index (χ1n) is 4.68. The van der Waals surface area contributed by atoms with Crippen molar-refractivity contribution in [3.63, 3.8) is 0 Å². The Labute approximate surface area is 98.2 Å². The minimum absolute atomic E-state index is 0.637. The first-order chi connectivity index (χ1) is 7.83. The molecular formula is C12H11O3S. The third-order valence-electron chi connectivity index (χ3n) is 2.03. The van der Waals surface area contributed by atoms with Gasteiger partial charge in [0.1, 0.15) is 5.75 Å². The summed E-state index contributed by atoms with van der Waals surface area (Å²) >= 11 is 1.48. The van der Waals surface area contributed by atoms with Gasteiger partial charge in [0.15, 0.2) is 16.6 Å². The molecule has 0 unspecified atom stereocenters. The summed E-state index contributed by atoms with van der Waals surface area (Å²) in [6, 6.07) is 10.1. The second-order valence-corrected chi connectivity index (χ2v) is 3.86. The summed E-state index contributed by atoms with van der Waals surface area (Å²) in [7, 11) is 3.22. The molecule has 16 heavy (non-hydrogen) atoms. The number of hydrogen-bond acceptors (Lipinski definition) is 4. The quantitative estimate of drug-likeness (QED) is 0.813. The Morgan fingerprint density at radius 3 is 2.62 bits per heavy atom. The van der Waals surface area contributed by atoms with Crippen molar-refractivity contribution in [1.82, 2.24) is 0 Å². The number of benzene rings is 1. The van der Waals surface area contributed by atoms with E-state index in [0.717, 1.165) is 10.8 Å². The molecule has 1 heterocycles. The topological polar surface area (TPSA) is 27.7 Å². The molecule has 1 radical (unpaired) electrons. The maximum absolute atomic E-state index is 5.67. The molecular weight excluding hydrogens is 224 g/mol. The summed E-state index contributed by atoms with van der Waals surface area (Å²) in [5.41, 5.74) is 0. The van der Waals surface area contributed by atoms with Crippen molar-refractivity contribution in [2.24, 2.45) is 0 Å². The molecule has 2 aromatic rings. The minimum Gasteiger partial charge on any atom is -0.497 e. The van der Waals surface area contributed by atoms with Crippen LogP contribution in [0.3, 0.4) is 0 Å². The van der Waals surface area contributed by atoms with Crippen LogP contribution in [0.25, 0.3) is 0 Å². The van der Waals surface area contributed by atoms with Crippen molar-refractivity contribution < 1.29 is 14.2 Å². The average molecular weight is 235 g/mol. The monoisotopic (exact) mass is 235 g/mol. The molecule has 0 N–H and O–H groups in total. The van der Waals surface area contributed by atoms with Crippen LogP contribution in [0.1, 0.15) is 0 Å². The van der Waals surface area contributed by atoms with E-state index in [9.17, 15) is 0 Å². The van der Waals surface area contributed by atoms with Crippen molar-refractivity contribution in [3.8, 4) is 22.3 Å². The molecule has 0 fully saturated rings. The number of rotatable bonds is 4. The van der Waals surface area contributed by atoms with Gasteiger partial charge in [0.2, 0.25) is 0 Å². The standard InChI is InChI=1S/C12H11O3S/c1-13-9-5-6-10(14-2)11(8-9)15-12-4-3-7-16-12/h4-8H,1-2H3. The van der Waals surface area contributed by atoms with Gasteiger partial charge in [-0.25, -0.2) is 0 Å². The number of methoxy groups -OCH3 is 2. The van der Waals surface area contributed by atoms with Crippen LogP contribution in [0, 0.1) is 6.07 Å². The number of thiophene rings is 1. The lowest BCUT2D eigenvalue weighted by molar-refractivity contribution is 0.373. The molecule has 1 aromatic carbocycles. The first-order valence-corrected chi connectivity index (χ1v) is 5.56. The van der Waals surface area contributed by atoms with Crippen molar-refractivity contribution >= 4 is 11.3 Å². The van der Waals surface area contributed by atoms with E-state index in [1.54, 1.807) is 26.4 Å². The fourth-order valence-electron chi connectivity index (χ4n) is 1.25. The largest absolute Gasteiger partial charge is 0.497 e. The van der Waals surface area contributed by atoms with Crippen LogP contribution in [0.4, 0.5) is 0 Å². The lowest BCUT2D eigenvalue weighted by atomic mass is 10.3. The lowest BCUT2D eigenvalue weighted by Gasteiger charge is -2.10. The highest BCUT2D eigenvalue weighted by molar-refractivity contribution is 7.11. The van der Waals surface area contributed by atoms with Crippen LogP contribution in [-0.4, -0.2) is 14.2 Å². The molecule has 0 atom stereocenters. The van der Waals surface area contributed by atoms with Gasteiger partial charge in [-0.3, -0.25) is 0 Å². The Balaban J connectivity index is 2.30. The zero-order chi connectivity index (χ0) is 11.4. The summed E-state index contributed by atoms with van der Waals surface area (Å²) in [6.45, 7) is 0. The molecule has 0 aliphatic heterocycles.